The lowest BCUT2D eigenvalue weighted by Gasteiger charge is -2.25. The lowest BCUT2D eigenvalue weighted by Crippen LogP contribution is -2.45. The van der Waals surface area contributed by atoms with Crippen LogP contribution < -0.4 is 16.4 Å². The van der Waals surface area contributed by atoms with Crippen LogP contribution in [-0.2, 0) is 9.59 Å². The van der Waals surface area contributed by atoms with E-state index in [-0.39, 0.29) is 17.0 Å². The van der Waals surface area contributed by atoms with E-state index in [1.54, 1.807) is 0 Å². The van der Waals surface area contributed by atoms with Gasteiger partial charge < -0.3 is 16.4 Å². The van der Waals surface area contributed by atoms with Crippen molar-refractivity contribution in [2.24, 2.45) is 11.1 Å². The molecule has 0 aliphatic rings. The van der Waals surface area contributed by atoms with E-state index in [1.165, 1.54) is 25.1 Å². The number of nitrogens with two attached hydrogens (primary N) is 1. The Morgan fingerprint density at radius 1 is 1.25 bits per heavy atom. The Bertz CT molecular complexity index is 524. The molecule has 0 unspecified atom stereocenters. The maximum atomic E-state index is 13.5. The van der Waals surface area contributed by atoms with Crippen LogP contribution in [0.2, 0.25) is 0 Å². The zero-order valence-corrected chi connectivity index (χ0v) is 12.1. The van der Waals surface area contributed by atoms with Crippen molar-refractivity contribution >= 4 is 23.2 Å². The van der Waals surface area contributed by atoms with E-state index in [1.807, 2.05) is 20.8 Å². The fourth-order valence-electron chi connectivity index (χ4n) is 1.50. The Kier molecular flexibility index (Phi) is 4.83. The molecule has 0 saturated heterocycles. The summed E-state index contributed by atoms with van der Waals surface area (Å²) in [6.07, 6.45) is 0. The van der Waals surface area contributed by atoms with Crippen LogP contribution in [0.3, 0.4) is 0 Å². The van der Waals surface area contributed by atoms with Gasteiger partial charge in [0.25, 0.3) is 0 Å². The molecule has 0 aromatic heterocycles. The molecule has 0 saturated carbocycles. The second-order valence-corrected chi connectivity index (χ2v) is 5.71. The molecule has 4 N–H and O–H groups in total. The van der Waals surface area contributed by atoms with Crippen LogP contribution in [0, 0.1) is 11.2 Å². The molecule has 110 valence electrons. The predicted octanol–water partition coefficient (Wildman–Crippen LogP) is 2.10. The largest absolute Gasteiger partial charge is 0.325 e. The molecule has 1 aromatic carbocycles. The standard InChI is InChI=1S/C14H20FN3O2/c1-8(19)17-11-7-9(5-6-10(11)15)18-13(20)12(16)14(2,3)4/h5-7,12H,16H2,1-4H3,(H,17,19)(H,18,20)/t12-/m1/s1. The van der Waals surface area contributed by atoms with Gasteiger partial charge in [0.15, 0.2) is 0 Å². The number of anilines is 2. The van der Waals surface area contributed by atoms with Gasteiger partial charge in [0.05, 0.1) is 11.7 Å². The zero-order chi connectivity index (χ0) is 15.5. The van der Waals surface area contributed by atoms with Crippen molar-refractivity contribution in [1.29, 1.82) is 0 Å². The minimum absolute atomic E-state index is 0.0135. The Labute approximate surface area is 117 Å². The highest BCUT2D eigenvalue weighted by Gasteiger charge is 2.27. The predicted molar refractivity (Wildman–Crippen MR) is 76.8 cm³/mol. The van der Waals surface area contributed by atoms with E-state index >= 15 is 0 Å². The number of carbonyl (C=O) groups is 2. The number of rotatable bonds is 3. The third-order valence-corrected chi connectivity index (χ3v) is 2.76. The van der Waals surface area contributed by atoms with E-state index in [9.17, 15) is 14.0 Å². The first-order valence-electron chi connectivity index (χ1n) is 6.25. The summed E-state index contributed by atoms with van der Waals surface area (Å²) in [6.45, 7) is 6.83. The van der Waals surface area contributed by atoms with E-state index in [0.717, 1.165) is 0 Å². The quantitative estimate of drug-likeness (QED) is 0.793. The molecule has 0 aliphatic heterocycles. The summed E-state index contributed by atoms with van der Waals surface area (Å²) in [5, 5.41) is 4.96. The van der Waals surface area contributed by atoms with Crippen molar-refractivity contribution in [3.8, 4) is 0 Å². The summed E-state index contributed by atoms with van der Waals surface area (Å²) in [5.74, 6) is -1.32. The van der Waals surface area contributed by atoms with Crippen LogP contribution in [0.25, 0.3) is 0 Å². The van der Waals surface area contributed by atoms with Crippen LogP contribution in [0.5, 0.6) is 0 Å². The third kappa shape index (κ3) is 4.31. The molecule has 0 heterocycles. The normalized spacial score (nSPS) is 12.7. The van der Waals surface area contributed by atoms with Crippen LogP contribution in [-0.4, -0.2) is 17.9 Å². The molecular formula is C14H20FN3O2. The lowest BCUT2D eigenvalue weighted by molar-refractivity contribution is -0.119. The highest BCUT2D eigenvalue weighted by atomic mass is 19.1. The van der Waals surface area contributed by atoms with E-state index in [2.05, 4.69) is 10.6 Å². The van der Waals surface area contributed by atoms with Gasteiger partial charge in [0.1, 0.15) is 5.82 Å². The molecule has 0 spiro atoms. The minimum Gasteiger partial charge on any atom is -0.325 e. The van der Waals surface area contributed by atoms with Gasteiger partial charge in [-0.05, 0) is 23.6 Å². The monoisotopic (exact) mass is 281 g/mol. The molecule has 20 heavy (non-hydrogen) atoms. The molecule has 0 aliphatic carbocycles. The number of benzene rings is 1. The topological polar surface area (TPSA) is 84.2 Å². The van der Waals surface area contributed by atoms with Crippen molar-refractivity contribution in [3.05, 3.63) is 24.0 Å². The van der Waals surface area contributed by atoms with Gasteiger partial charge in [0.2, 0.25) is 11.8 Å². The molecule has 5 nitrogen and oxygen atoms in total. The molecule has 0 fully saturated rings. The SMILES string of the molecule is CC(=O)Nc1cc(NC(=O)[C@@H](N)C(C)(C)C)ccc1F. The van der Waals surface area contributed by atoms with Gasteiger partial charge >= 0.3 is 0 Å². The summed E-state index contributed by atoms with van der Waals surface area (Å²) in [6, 6.07) is 3.23. The Morgan fingerprint density at radius 3 is 2.35 bits per heavy atom. The number of amides is 2. The number of hydrogen-bond acceptors (Lipinski definition) is 3. The summed E-state index contributed by atoms with van der Waals surface area (Å²) in [4.78, 5) is 22.9. The maximum absolute atomic E-state index is 13.5. The first-order chi connectivity index (χ1) is 9.11. The number of nitrogens with one attached hydrogen (secondary N) is 2. The summed E-state index contributed by atoms with van der Waals surface area (Å²) < 4.78 is 13.5. The molecule has 1 aromatic rings. The Balaban J connectivity index is 2.88. The van der Waals surface area contributed by atoms with E-state index < -0.39 is 17.8 Å². The first-order valence-corrected chi connectivity index (χ1v) is 6.25. The Hall–Kier alpha value is -1.95. The summed E-state index contributed by atoms with van der Waals surface area (Å²) in [7, 11) is 0. The highest BCUT2D eigenvalue weighted by molar-refractivity contribution is 5.96. The summed E-state index contributed by atoms with van der Waals surface area (Å²) >= 11 is 0. The molecule has 2 amide bonds. The maximum Gasteiger partial charge on any atom is 0.241 e. The average molecular weight is 281 g/mol. The van der Waals surface area contributed by atoms with Crippen LogP contribution in [0.4, 0.5) is 15.8 Å². The molecule has 6 heteroatoms. The fourth-order valence-corrected chi connectivity index (χ4v) is 1.50. The van der Waals surface area contributed by atoms with Gasteiger partial charge in [-0.3, -0.25) is 9.59 Å². The third-order valence-electron chi connectivity index (χ3n) is 2.76. The van der Waals surface area contributed by atoms with E-state index in [0.29, 0.717) is 5.69 Å². The molecule has 0 bridgehead atoms. The first kappa shape index (κ1) is 16.1. The van der Waals surface area contributed by atoms with Crippen LogP contribution >= 0.6 is 0 Å². The zero-order valence-electron chi connectivity index (χ0n) is 12.1. The van der Waals surface area contributed by atoms with Crippen LogP contribution in [0.15, 0.2) is 18.2 Å². The Morgan fingerprint density at radius 2 is 1.85 bits per heavy atom. The highest BCUT2D eigenvalue weighted by Crippen LogP contribution is 2.22. The van der Waals surface area contributed by atoms with Crippen LogP contribution in [0.1, 0.15) is 27.7 Å². The number of hydrogen-bond donors (Lipinski definition) is 3. The second-order valence-electron chi connectivity index (χ2n) is 5.71. The van der Waals surface area contributed by atoms with Crippen molar-refractivity contribution in [2.45, 2.75) is 33.7 Å². The smallest absolute Gasteiger partial charge is 0.241 e. The van der Waals surface area contributed by atoms with Gasteiger partial charge in [-0.25, -0.2) is 4.39 Å². The van der Waals surface area contributed by atoms with Gasteiger partial charge in [-0.2, -0.15) is 0 Å². The minimum atomic E-state index is -0.697. The number of halogens is 1. The molecule has 0 radical (unpaired) electrons. The second kappa shape index (κ2) is 6.00. The van der Waals surface area contributed by atoms with Gasteiger partial charge in [0, 0.05) is 12.6 Å². The van der Waals surface area contributed by atoms with Crippen molar-refractivity contribution in [3.63, 3.8) is 0 Å². The number of carbonyl (C=O) groups excluding carboxylic acids is 2. The molecule has 1 rings (SSSR count). The van der Waals surface area contributed by atoms with Crippen molar-refractivity contribution in [1.82, 2.24) is 0 Å². The lowest BCUT2D eigenvalue weighted by atomic mass is 9.87. The molecular weight excluding hydrogens is 261 g/mol. The van der Waals surface area contributed by atoms with Gasteiger partial charge in [-0.1, -0.05) is 20.8 Å². The van der Waals surface area contributed by atoms with E-state index in [4.69, 9.17) is 5.73 Å². The average Bonchev–Trinajstić information content (AvgIpc) is 2.30. The summed E-state index contributed by atoms with van der Waals surface area (Å²) in [5.41, 5.74) is 5.84. The fraction of sp³-hybridized carbons (Fsp3) is 0.429. The molecule has 1 atom stereocenters. The van der Waals surface area contributed by atoms with Crippen molar-refractivity contribution in [2.75, 3.05) is 10.6 Å². The van der Waals surface area contributed by atoms with Gasteiger partial charge in [-0.15, -0.1) is 0 Å². The van der Waals surface area contributed by atoms with Crippen molar-refractivity contribution < 1.29 is 14.0 Å².